The van der Waals surface area contributed by atoms with Gasteiger partial charge in [0, 0.05) is 12.8 Å². The Morgan fingerprint density at radius 3 is 1.28 bits per heavy atom. The van der Waals surface area contributed by atoms with E-state index in [4.69, 9.17) is 18.5 Å². The molecule has 1 saturated carbocycles. The molecule has 0 bridgehead atoms. The molecule has 6 unspecified atom stereocenters. The van der Waals surface area contributed by atoms with Crippen molar-refractivity contribution in [1.82, 2.24) is 0 Å². The van der Waals surface area contributed by atoms with E-state index in [0.29, 0.717) is 12.8 Å². The van der Waals surface area contributed by atoms with Crippen LogP contribution in [-0.2, 0) is 32.7 Å². The number of hydrogen-bond acceptors (Lipinski definition) is 12. The van der Waals surface area contributed by atoms with Crippen molar-refractivity contribution in [2.45, 2.75) is 268 Å². The van der Waals surface area contributed by atoms with Gasteiger partial charge >= 0.3 is 19.8 Å². The Morgan fingerprint density at radius 2 is 0.838 bits per heavy atom. The van der Waals surface area contributed by atoms with Crippen molar-refractivity contribution in [2.75, 3.05) is 13.2 Å². The van der Waals surface area contributed by atoms with Crippen LogP contribution in [0.1, 0.15) is 226 Å². The molecule has 14 heteroatoms. The minimum Gasteiger partial charge on any atom is -0.462 e. The lowest BCUT2D eigenvalue weighted by Gasteiger charge is -2.41. The molecular formula is C54H97O13P. The fourth-order valence-electron chi connectivity index (χ4n) is 8.16. The number of phosphoric acid groups is 1. The molecule has 1 rings (SSSR count). The summed E-state index contributed by atoms with van der Waals surface area (Å²) in [5.74, 6) is -1.11. The van der Waals surface area contributed by atoms with Crippen molar-refractivity contribution in [3.05, 3.63) is 48.6 Å². The fraction of sp³-hybridized carbons (Fsp3) is 0.815. The Balaban J connectivity index is 2.38. The molecule has 0 amide bonds. The van der Waals surface area contributed by atoms with Crippen LogP contribution < -0.4 is 0 Å². The first kappa shape index (κ1) is 63.8. The van der Waals surface area contributed by atoms with Crippen molar-refractivity contribution in [3.63, 3.8) is 0 Å². The zero-order chi connectivity index (χ0) is 49.9. The normalized spacial score (nSPS) is 21.4. The Hall–Kier alpha value is -2.19. The molecule has 68 heavy (non-hydrogen) atoms. The first-order valence-electron chi connectivity index (χ1n) is 26.9. The van der Waals surface area contributed by atoms with Gasteiger partial charge in [0.2, 0.25) is 0 Å². The van der Waals surface area contributed by atoms with Gasteiger partial charge in [-0.3, -0.25) is 18.6 Å². The maximum absolute atomic E-state index is 12.9. The Bertz CT molecular complexity index is 1370. The molecule has 0 heterocycles. The highest BCUT2D eigenvalue weighted by Crippen LogP contribution is 2.47. The van der Waals surface area contributed by atoms with Gasteiger partial charge in [0.25, 0.3) is 0 Å². The Kier molecular flexibility index (Phi) is 40.9. The molecule has 0 aromatic heterocycles. The Morgan fingerprint density at radius 1 is 0.471 bits per heavy atom. The van der Waals surface area contributed by atoms with Crippen LogP contribution in [0, 0.1) is 0 Å². The third-order valence-corrected chi connectivity index (χ3v) is 13.4. The highest BCUT2D eigenvalue weighted by molar-refractivity contribution is 7.47. The first-order valence-corrected chi connectivity index (χ1v) is 28.4. The second-order valence-electron chi connectivity index (χ2n) is 18.7. The van der Waals surface area contributed by atoms with E-state index in [-0.39, 0.29) is 12.8 Å². The lowest BCUT2D eigenvalue weighted by atomic mass is 9.85. The summed E-state index contributed by atoms with van der Waals surface area (Å²) in [5.41, 5.74) is 0. The summed E-state index contributed by atoms with van der Waals surface area (Å²) < 4.78 is 33.7. The molecule has 1 fully saturated rings. The lowest BCUT2D eigenvalue weighted by Crippen LogP contribution is -2.64. The largest absolute Gasteiger partial charge is 0.472 e. The van der Waals surface area contributed by atoms with Crippen LogP contribution in [0.5, 0.6) is 0 Å². The molecule has 13 nitrogen and oxygen atoms in total. The quantitative estimate of drug-likeness (QED) is 0.0145. The highest BCUT2D eigenvalue weighted by Gasteiger charge is 2.51. The van der Waals surface area contributed by atoms with Gasteiger partial charge in [0.15, 0.2) is 6.10 Å². The molecule has 0 saturated heterocycles. The summed E-state index contributed by atoms with van der Waals surface area (Å²) in [5, 5.41) is 50.3. The molecule has 6 atom stereocenters. The monoisotopic (exact) mass is 985 g/mol. The molecule has 0 aromatic rings. The van der Waals surface area contributed by atoms with E-state index in [1.165, 1.54) is 103 Å². The van der Waals surface area contributed by atoms with E-state index < -0.39 is 75.7 Å². The second-order valence-corrected chi connectivity index (χ2v) is 20.1. The summed E-state index contributed by atoms with van der Waals surface area (Å²) in [7, 11) is -5.13. The predicted molar refractivity (Wildman–Crippen MR) is 272 cm³/mol. The van der Waals surface area contributed by atoms with Gasteiger partial charge in [0.05, 0.1) is 6.61 Å². The maximum atomic E-state index is 12.9. The van der Waals surface area contributed by atoms with E-state index in [0.717, 1.165) is 83.5 Å². The maximum Gasteiger partial charge on any atom is 0.472 e. The van der Waals surface area contributed by atoms with E-state index in [9.17, 15) is 44.6 Å². The van der Waals surface area contributed by atoms with Gasteiger partial charge in [-0.15, -0.1) is 0 Å². The molecule has 0 aromatic carbocycles. The topological polar surface area (TPSA) is 210 Å². The molecule has 0 spiro atoms. The average molecular weight is 985 g/mol. The summed E-state index contributed by atoms with van der Waals surface area (Å²) in [4.78, 5) is 35.9. The van der Waals surface area contributed by atoms with Crippen LogP contribution in [0.4, 0.5) is 0 Å². The van der Waals surface area contributed by atoms with Crippen molar-refractivity contribution in [2.24, 2.45) is 0 Å². The molecule has 396 valence electrons. The number of carbonyl (C=O) groups excluding carboxylic acids is 2. The summed E-state index contributed by atoms with van der Waals surface area (Å²) in [6.45, 7) is 3.21. The number of esters is 2. The van der Waals surface area contributed by atoms with E-state index >= 15 is 0 Å². The molecular weight excluding hydrogens is 888 g/mol. The molecule has 0 aliphatic heterocycles. The van der Waals surface area contributed by atoms with Crippen molar-refractivity contribution < 1.29 is 63.1 Å². The van der Waals surface area contributed by atoms with Gasteiger partial charge < -0.3 is 39.9 Å². The van der Waals surface area contributed by atoms with Gasteiger partial charge in [0.1, 0.15) is 43.2 Å². The molecule has 1 aliphatic rings. The van der Waals surface area contributed by atoms with Crippen LogP contribution in [0.3, 0.4) is 0 Å². The number of ether oxygens (including phenoxy) is 2. The van der Waals surface area contributed by atoms with E-state index in [2.05, 4.69) is 62.5 Å². The number of allylic oxidation sites excluding steroid dienone is 8. The smallest absolute Gasteiger partial charge is 0.462 e. The SMILES string of the molecule is CC/C=C\C/C=C\C/C=C\C/C=C\CCCCCCCCC(=O)OC(COC(=O)CCCCCCCCCCCCCCCCCCCCCC)COP(=O)(O)OC1C(O)C(O)C(O)C(O)C1O. The first-order chi connectivity index (χ1) is 32.9. The number of hydrogen-bond donors (Lipinski definition) is 6. The van der Waals surface area contributed by atoms with Crippen molar-refractivity contribution >= 4 is 19.8 Å². The second kappa shape index (κ2) is 43.6. The van der Waals surface area contributed by atoms with Crippen LogP contribution >= 0.6 is 7.82 Å². The summed E-state index contributed by atoms with van der Waals surface area (Å²) in [6.07, 6.45) is 40.1. The van der Waals surface area contributed by atoms with Gasteiger partial charge in [-0.05, 0) is 51.4 Å². The van der Waals surface area contributed by atoms with Crippen molar-refractivity contribution in [1.29, 1.82) is 0 Å². The van der Waals surface area contributed by atoms with Crippen molar-refractivity contribution in [3.8, 4) is 0 Å². The zero-order valence-electron chi connectivity index (χ0n) is 42.4. The van der Waals surface area contributed by atoms with Crippen LogP contribution in [0.2, 0.25) is 0 Å². The number of phosphoric ester groups is 1. The fourth-order valence-corrected chi connectivity index (χ4v) is 9.14. The third kappa shape index (κ3) is 35.0. The zero-order valence-corrected chi connectivity index (χ0v) is 43.3. The number of unbranched alkanes of at least 4 members (excludes halogenated alkanes) is 25. The van der Waals surface area contributed by atoms with Crippen LogP contribution in [-0.4, -0.2) is 98.3 Å². The van der Waals surface area contributed by atoms with Gasteiger partial charge in [-0.25, -0.2) is 4.57 Å². The predicted octanol–water partition coefficient (Wildman–Crippen LogP) is 11.9. The molecule has 0 radical (unpaired) electrons. The number of aliphatic hydroxyl groups excluding tert-OH is 5. The molecule has 1 aliphatic carbocycles. The minimum absolute atomic E-state index is 0.0810. The number of aliphatic hydroxyl groups is 5. The van der Waals surface area contributed by atoms with E-state index in [1.54, 1.807) is 0 Å². The molecule has 6 N–H and O–H groups in total. The lowest BCUT2D eigenvalue weighted by molar-refractivity contribution is -0.220. The average Bonchev–Trinajstić information content (AvgIpc) is 3.32. The number of rotatable bonds is 45. The van der Waals surface area contributed by atoms with Crippen LogP contribution in [0.15, 0.2) is 48.6 Å². The van der Waals surface area contributed by atoms with Gasteiger partial charge in [-0.1, -0.05) is 210 Å². The van der Waals surface area contributed by atoms with Crippen LogP contribution in [0.25, 0.3) is 0 Å². The third-order valence-electron chi connectivity index (χ3n) is 12.4. The number of carbonyl (C=O) groups is 2. The minimum atomic E-state index is -5.13. The standard InChI is InChI=1S/C54H97O13P/c1-3-5-7-9-11-13-15-17-19-21-23-25-26-28-30-32-34-36-38-40-42-47(55)64-44-46(45-65-68(62,63)67-54-52(60)50(58)49(57)51(59)53(54)61)66-48(56)43-41-39-37-35-33-31-29-27-24-22-20-18-16-14-12-10-8-6-4-2/h6,8,12,14,18,20,24,27,46,49-54,57-61H,3-5,7,9-11,13,15-17,19,21-23,25-26,28-45H2,1-2H3,(H,62,63)/b8-6-,14-12-,20-18-,27-24-. The highest BCUT2D eigenvalue weighted by atomic mass is 31.2. The van der Waals surface area contributed by atoms with E-state index in [1.807, 2.05) is 0 Å². The summed E-state index contributed by atoms with van der Waals surface area (Å²) in [6, 6.07) is 0. The van der Waals surface area contributed by atoms with Gasteiger partial charge in [-0.2, -0.15) is 0 Å². The Labute approximate surface area is 411 Å². The summed E-state index contributed by atoms with van der Waals surface area (Å²) >= 11 is 0.